The van der Waals surface area contributed by atoms with Crippen molar-refractivity contribution in [3.63, 3.8) is 0 Å². The Balaban J connectivity index is 2.55. The van der Waals surface area contributed by atoms with Crippen LogP contribution in [0.5, 0.6) is 11.5 Å². The highest BCUT2D eigenvalue weighted by Gasteiger charge is 2.13. The minimum atomic E-state index is -0.144. The van der Waals surface area contributed by atoms with Crippen molar-refractivity contribution in [2.45, 2.75) is 6.42 Å². The van der Waals surface area contributed by atoms with Gasteiger partial charge in [0.25, 0.3) is 5.91 Å². The zero-order chi connectivity index (χ0) is 15.7. The molecule has 1 aromatic rings. The molecule has 0 spiro atoms. The zero-order valence-corrected chi connectivity index (χ0v) is 12.9. The summed E-state index contributed by atoms with van der Waals surface area (Å²) in [5.41, 5.74) is 5.46. The molecule has 0 unspecified atom stereocenters. The van der Waals surface area contributed by atoms with Gasteiger partial charge in [0.1, 0.15) is 11.5 Å². The highest BCUT2D eigenvalue weighted by Crippen LogP contribution is 2.18. The normalized spacial score (nSPS) is 9.76. The minimum absolute atomic E-state index is 0.0572. The number of carbonyl (C=O) groups excluding carboxylic acids is 1. The van der Waals surface area contributed by atoms with E-state index in [4.69, 9.17) is 27.4 Å². The van der Waals surface area contributed by atoms with E-state index in [0.29, 0.717) is 36.0 Å². The van der Waals surface area contributed by atoms with Gasteiger partial charge >= 0.3 is 0 Å². The molecule has 0 aliphatic heterocycles. The highest BCUT2D eigenvalue weighted by atomic mass is 32.1. The van der Waals surface area contributed by atoms with Crippen LogP contribution in [0, 0.1) is 0 Å². The van der Waals surface area contributed by atoms with E-state index in [1.54, 1.807) is 42.4 Å². The number of amides is 1. The zero-order valence-electron chi connectivity index (χ0n) is 12.1. The van der Waals surface area contributed by atoms with Crippen LogP contribution >= 0.6 is 12.2 Å². The van der Waals surface area contributed by atoms with Gasteiger partial charge in [0.15, 0.2) is 6.61 Å². The predicted molar refractivity (Wildman–Crippen MR) is 86.7 cm³/mol. The summed E-state index contributed by atoms with van der Waals surface area (Å²) in [6.45, 7) is 4.47. The molecule has 0 radical (unpaired) electrons. The molecular weight excluding hydrogens is 288 g/mol. The van der Waals surface area contributed by atoms with Crippen molar-refractivity contribution >= 4 is 23.1 Å². The van der Waals surface area contributed by atoms with Crippen LogP contribution in [0.15, 0.2) is 36.9 Å². The summed E-state index contributed by atoms with van der Waals surface area (Å²) < 4.78 is 10.6. The smallest absolute Gasteiger partial charge is 0.260 e. The summed E-state index contributed by atoms with van der Waals surface area (Å²) in [6.07, 6.45) is 2.14. The number of methoxy groups -OCH3 is 1. The molecule has 0 aliphatic carbocycles. The van der Waals surface area contributed by atoms with Crippen molar-refractivity contribution in [2.24, 2.45) is 5.73 Å². The third kappa shape index (κ3) is 6.27. The summed E-state index contributed by atoms with van der Waals surface area (Å²) >= 11 is 4.82. The maximum absolute atomic E-state index is 12.1. The Morgan fingerprint density at radius 1 is 1.48 bits per heavy atom. The summed E-state index contributed by atoms with van der Waals surface area (Å²) in [6, 6.07) is 7.09. The van der Waals surface area contributed by atoms with Crippen molar-refractivity contribution in [3.05, 3.63) is 36.9 Å². The van der Waals surface area contributed by atoms with E-state index in [2.05, 4.69) is 6.58 Å². The number of thiocarbonyl (C=S) groups is 1. The van der Waals surface area contributed by atoms with Gasteiger partial charge in [0, 0.05) is 25.6 Å². The summed E-state index contributed by atoms with van der Waals surface area (Å²) in [5, 5.41) is 0. The molecule has 6 heteroatoms. The Morgan fingerprint density at radius 2 is 2.19 bits per heavy atom. The lowest BCUT2D eigenvalue weighted by atomic mass is 10.3. The van der Waals surface area contributed by atoms with E-state index in [1.165, 1.54) is 0 Å². The number of benzene rings is 1. The fourth-order valence-electron chi connectivity index (χ4n) is 1.65. The SMILES string of the molecule is C=CCN(CCC(N)=S)C(=O)COc1cccc(OC)c1. The fraction of sp³-hybridized carbons (Fsp3) is 0.333. The highest BCUT2D eigenvalue weighted by molar-refractivity contribution is 7.80. The first kappa shape index (κ1) is 17.0. The van der Waals surface area contributed by atoms with Gasteiger partial charge in [-0.1, -0.05) is 24.4 Å². The van der Waals surface area contributed by atoms with Gasteiger partial charge in [0.2, 0.25) is 0 Å². The number of ether oxygens (including phenoxy) is 2. The minimum Gasteiger partial charge on any atom is -0.497 e. The van der Waals surface area contributed by atoms with Crippen LogP contribution in [0.2, 0.25) is 0 Å². The Bertz CT molecular complexity index is 505. The van der Waals surface area contributed by atoms with Crippen molar-refractivity contribution in [1.82, 2.24) is 4.90 Å². The largest absolute Gasteiger partial charge is 0.497 e. The van der Waals surface area contributed by atoms with Crippen molar-refractivity contribution < 1.29 is 14.3 Å². The molecule has 1 aromatic carbocycles. The Labute approximate surface area is 130 Å². The first-order valence-corrected chi connectivity index (χ1v) is 6.91. The lowest BCUT2D eigenvalue weighted by molar-refractivity contribution is -0.132. The van der Waals surface area contributed by atoms with Crippen molar-refractivity contribution in [1.29, 1.82) is 0 Å². The number of carbonyl (C=O) groups is 1. The molecule has 0 heterocycles. The molecule has 0 atom stereocenters. The van der Waals surface area contributed by atoms with E-state index in [0.717, 1.165) is 0 Å². The van der Waals surface area contributed by atoms with E-state index >= 15 is 0 Å². The van der Waals surface area contributed by atoms with E-state index in [1.807, 2.05) is 0 Å². The van der Waals surface area contributed by atoms with E-state index in [-0.39, 0.29) is 12.5 Å². The van der Waals surface area contributed by atoms with Crippen molar-refractivity contribution in [2.75, 3.05) is 26.8 Å². The molecule has 0 saturated heterocycles. The fourth-order valence-corrected chi connectivity index (χ4v) is 1.74. The molecule has 21 heavy (non-hydrogen) atoms. The molecule has 2 N–H and O–H groups in total. The Morgan fingerprint density at radius 3 is 2.81 bits per heavy atom. The van der Waals surface area contributed by atoms with Crippen LogP contribution in [0.1, 0.15) is 6.42 Å². The second-order valence-electron chi connectivity index (χ2n) is 4.31. The third-order valence-electron chi connectivity index (χ3n) is 2.73. The number of hydrogen-bond acceptors (Lipinski definition) is 4. The van der Waals surface area contributed by atoms with Crippen LogP contribution in [0.3, 0.4) is 0 Å². The second kappa shape index (κ2) is 8.97. The molecule has 0 aliphatic rings. The van der Waals surface area contributed by atoms with Gasteiger partial charge in [-0.3, -0.25) is 4.79 Å². The lowest BCUT2D eigenvalue weighted by Crippen LogP contribution is -2.37. The number of nitrogens with zero attached hydrogens (tertiary/aromatic N) is 1. The molecule has 0 bridgehead atoms. The molecule has 0 aromatic heterocycles. The summed E-state index contributed by atoms with van der Waals surface area (Å²) in [4.78, 5) is 14.1. The Hall–Kier alpha value is -2.08. The standard InChI is InChI=1S/C15H20N2O3S/c1-3-8-17(9-7-14(16)21)15(18)11-20-13-6-4-5-12(10-13)19-2/h3-6,10H,1,7-9,11H2,2H3,(H2,16,21). The molecule has 1 rings (SSSR count). The van der Waals surface area contributed by atoms with Gasteiger partial charge in [-0.25, -0.2) is 0 Å². The van der Waals surface area contributed by atoms with Gasteiger partial charge in [-0.15, -0.1) is 6.58 Å². The summed E-state index contributed by atoms with van der Waals surface area (Å²) in [5.74, 6) is 1.11. The quantitative estimate of drug-likeness (QED) is 0.556. The molecule has 0 saturated carbocycles. The van der Waals surface area contributed by atoms with Crippen molar-refractivity contribution in [3.8, 4) is 11.5 Å². The predicted octanol–water partition coefficient (Wildman–Crippen LogP) is 1.76. The maximum atomic E-state index is 12.1. The number of rotatable bonds is 9. The Kier molecular flexibility index (Phi) is 7.25. The molecular formula is C15H20N2O3S. The average molecular weight is 308 g/mol. The number of nitrogens with two attached hydrogens (primary N) is 1. The van der Waals surface area contributed by atoms with Gasteiger partial charge in [0.05, 0.1) is 12.1 Å². The first-order chi connectivity index (χ1) is 10.1. The van der Waals surface area contributed by atoms with Gasteiger partial charge in [-0.2, -0.15) is 0 Å². The van der Waals surface area contributed by atoms with Gasteiger partial charge < -0.3 is 20.1 Å². The third-order valence-corrected chi connectivity index (χ3v) is 2.94. The average Bonchev–Trinajstić information content (AvgIpc) is 2.49. The van der Waals surface area contributed by atoms with Crippen LogP contribution in [-0.4, -0.2) is 42.6 Å². The molecule has 0 fully saturated rings. The van der Waals surface area contributed by atoms with E-state index in [9.17, 15) is 4.79 Å². The first-order valence-electron chi connectivity index (χ1n) is 6.50. The van der Waals surface area contributed by atoms with Crippen LogP contribution in [-0.2, 0) is 4.79 Å². The molecule has 5 nitrogen and oxygen atoms in total. The molecule has 114 valence electrons. The maximum Gasteiger partial charge on any atom is 0.260 e. The van der Waals surface area contributed by atoms with Crippen LogP contribution in [0.25, 0.3) is 0 Å². The van der Waals surface area contributed by atoms with Crippen LogP contribution in [0.4, 0.5) is 0 Å². The van der Waals surface area contributed by atoms with E-state index < -0.39 is 0 Å². The molecule has 1 amide bonds. The number of hydrogen-bond donors (Lipinski definition) is 1. The lowest BCUT2D eigenvalue weighted by Gasteiger charge is -2.21. The second-order valence-corrected chi connectivity index (χ2v) is 4.84. The summed E-state index contributed by atoms with van der Waals surface area (Å²) in [7, 11) is 1.58. The van der Waals surface area contributed by atoms with Gasteiger partial charge in [-0.05, 0) is 12.1 Å². The van der Waals surface area contributed by atoms with Crippen LogP contribution < -0.4 is 15.2 Å². The topological polar surface area (TPSA) is 64.8 Å². The monoisotopic (exact) mass is 308 g/mol.